The van der Waals surface area contributed by atoms with E-state index in [0.29, 0.717) is 19.7 Å². The lowest BCUT2D eigenvalue weighted by molar-refractivity contribution is -0.143. The molecule has 0 aromatic heterocycles. The number of anilines is 1. The summed E-state index contributed by atoms with van der Waals surface area (Å²) in [4.78, 5) is 29.6. The second kappa shape index (κ2) is 9.96. The Hall–Kier alpha value is -2.86. The Morgan fingerprint density at radius 2 is 2.03 bits per heavy atom. The van der Waals surface area contributed by atoms with Crippen LogP contribution in [0.5, 0.6) is 5.75 Å². The van der Waals surface area contributed by atoms with Crippen LogP contribution >= 0.6 is 0 Å². The van der Waals surface area contributed by atoms with Gasteiger partial charge in [-0.15, -0.1) is 0 Å². The van der Waals surface area contributed by atoms with Crippen molar-refractivity contribution in [1.82, 2.24) is 4.90 Å². The maximum Gasteiger partial charge on any atom is 0.308 e. The number of unbranched alkanes of at least 4 members (excludes halogenated alkanes) is 1. The van der Waals surface area contributed by atoms with Gasteiger partial charge in [0.25, 0.3) is 0 Å². The summed E-state index contributed by atoms with van der Waals surface area (Å²) in [7, 11) is 0. The Kier molecular flexibility index (Phi) is 7.03. The molecule has 0 radical (unpaired) electrons. The van der Waals surface area contributed by atoms with Crippen molar-refractivity contribution in [3.63, 3.8) is 0 Å². The second-order valence-electron chi connectivity index (χ2n) is 9.34. The molecule has 1 saturated heterocycles. The first-order valence-corrected chi connectivity index (χ1v) is 12.0. The van der Waals surface area contributed by atoms with Gasteiger partial charge in [-0.1, -0.05) is 37.6 Å². The van der Waals surface area contributed by atoms with E-state index >= 15 is 0 Å². The first kappa shape index (κ1) is 23.3. The third kappa shape index (κ3) is 4.91. The molecule has 176 valence electrons. The molecule has 2 aliphatic rings. The van der Waals surface area contributed by atoms with Gasteiger partial charge in [-0.2, -0.15) is 0 Å². The number of likely N-dealkylation sites (tertiary alicyclic amines) is 1. The minimum absolute atomic E-state index is 0.0213. The van der Waals surface area contributed by atoms with Gasteiger partial charge in [-0.05, 0) is 55.2 Å². The molecule has 1 amide bonds. The first-order valence-electron chi connectivity index (χ1n) is 12.0. The van der Waals surface area contributed by atoms with Crippen molar-refractivity contribution in [1.29, 1.82) is 0 Å². The average molecular weight is 451 g/mol. The zero-order valence-corrected chi connectivity index (χ0v) is 19.8. The van der Waals surface area contributed by atoms with Gasteiger partial charge in [0.1, 0.15) is 5.75 Å². The fourth-order valence-electron chi connectivity index (χ4n) is 5.20. The summed E-state index contributed by atoms with van der Waals surface area (Å²) in [6.07, 6.45) is 2.78. The third-order valence-corrected chi connectivity index (χ3v) is 7.08. The molecule has 3 atom stereocenters. The number of carbonyl (C=O) groups excluding carboxylic acids is 1. The third-order valence-electron chi connectivity index (χ3n) is 7.08. The molecular formula is C27H34N2O4. The number of aryl methyl sites for hydroxylation is 1. The fraction of sp³-hybridized carbons (Fsp3) is 0.481. The van der Waals surface area contributed by atoms with Crippen molar-refractivity contribution in [2.45, 2.75) is 52.0 Å². The highest BCUT2D eigenvalue weighted by atomic mass is 16.5. The number of ether oxygens (including phenoxy) is 1. The summed E-state index contributed by atoms with van der Waals surface area (Å²) in [6, 6.07) is 13.8. The number of fused-ring (bicyclic) bond motifs is 1. The minimum Gasteiger partial charge on any atom is -0.493 e. The van der Waals surface area contributed by atoms with Gasteiger partial charge < -0.3 is 14.7 Å². The Bertz CT molecular complexity index is 1020. The molecule has 1 fully saturated rings. The smallest absolute Gasteiger partial charge is 0.308 e. The summed E-state index contributed by atoms with van der Waals surface area (Å²) in [5, 5.41) is 10.0. The molecule has 6 nitrogen and oxygen atoms in total. The molecule has 0 spiro atoms. The molecule has 6 heteroatoms. The van der Waals surface area contributed by atoms with Crippen LogP contribution in [0.15, 0.2) is 42.5 Å². The molecule has 0 aliphatic carbocycles. The molecule has 1 N–H and O–H groups in total. The zero-order chi connectivity index (χ0) is 23.5. The highest BCUT2D eigenvalue weighted by molar-refractivity contribution is 5.95. The van der Waals surface area contributed by atoms with Crippen LogP contribution in [0.4, 0.5) is 5.69 Å². The van der Waals surface area contributed by atoms with E-state index in [-0.39, 0.29) is 24.4 Å². The topological polar surface area (TPSA) is 70.1 Å². The largest absolute Gasteiger partial charge is 0.493 e. The maximum atomic E-state index is 13.5. The number of nitrogens with zero attached hydrogens (tertiary/aromatic N) is 2. The molecule has 33 heavy (non-hydrogen) atoms. The van der Waals surface area contributed by atoms with Crippen LogP contribution in [0.1, 0.15) is 49.3 Å². The SMILES string of the molecule is CCCCN(C(=O)CN1C[C@H](c2ccc3c(c2)CCO3)[C@@H](C(=O)O)[C@@H]1C)c1cccc(C)c1. The minimum atomic E-state index is -0.805. The Morgan fingerprint density at radius 1 is 1.21 bits per heavy atom. The molecule has 2 aromatic rings. The number of benzene rings is 2. The van der Waals surface area contributed by atoms with Gasteiger partial charge in [0, 0.05) is 37.2 Å². The summed E-state index contributed by atoms with van der Waals surface area (Å²) in [6.45, 7) is 8.19. The first-order chi connectivity index (χ1) is 15.9. The van der Waals surface area contributed by atoms with Gasteiger partial charge in [-0.3, -0.25) is 14.5 Å². The van der Waals surface area contributed by atoms with E-state index < -0.39 is 11.9 Å². The van der Waals surface area contributed by atoms with E-state index in [2.05, 4.69) is 13.0 Å². The molecule has 0 unspecified atom stereocenters. The number of aliphatic carboxylic acids is 1. The van der Waals surface area contributed by atoms with E-state index in [4.69, 9.17) is 4.74 Å². The lowest BCUT2D eigenvalue weighted by atomic mass is 9.85. The van der Waals surface area contributed by atoms with Crippen LogP contribution < -0.4 is 9.64 Å². The highest BCUT2D eigenvalue weighted by Crippen LogP contribution is 2.39. The number of hydrogen-bond acceptors (Lipinski definition) is 4. The summed E-state index contributed by atoms with van der Waals surface area (Å²) in [5.74, 6) is -0.595. The van der Waals surface area contributed by atoms with Crippen molar-refractivity contribution < 1.29 is 19.4 Å². The lowest BCUT2D eigenvalue weighted by Crippen LogP contribution is -2.43. The van der Waals surface area contributed by atoms with E-state index in [1.165, 1.54) is 0 Å². The number of carboxylic acids is 1. The van der Waals surface area contributed by atoms with Crippen LogP contribution in [0.25, 0.3) is 0 Å². The predicted molar refractivity (Wildman–Crippen MR) is 129 cm³/mol. The van der Waals surface area contributed by atoms with E-state index in [0.717, 1.165) is 47.4 Å². The van der Waals surface area contributed by atoms with Gasteiger partial charge in [0.2, 0.25) is 5.91 Å². The summed E-state index contributed by atoms with van der Waals surface area (Å²) < 4.78 is 5.62. The number of amides is 1. The van der Waals surface area contributed by atoms with Crippen LogP contribution in [-0.4, -0.2) is 54.2 Å². The van der Waals surface area contributed by atoms with Crippen LogP contribution in [-0.2, 0) is 16.0 Å². The average Bonchev–Trinajstić information content (AvgIpc) is 3.38. The summed E-state index contributed by atoms with van der Waals surface area (Å²) >= 11 is 0. The van der Waals surface area contributed by atoms with Gasteiger partial charge in [-0.25, -0.2) is 0 Å². The van der Waals surface area contributed by atoms with E-state index in [1.807, 2.05) is 60.0 Å². The normalized spacial score (nSPS) is 22.1. The van der Waals surface area contributed by atoms with Crippen molar-refractivity contribution in [3.05, 3.63) is 59.2 Å². The van der Waals surface area contributed by atoms with Gasteiger partial charge in [0.15, 0.2) is 0 Å². The Labute approximate surface area is 196 Å². The molecule has 2 heterocycles. The van der Waals surface area contributed by atoms with Crippen molar-refractivity contribution in [3.8, 4) is 5.75 Å². The van der Waals surface area contributed by atoms with Crippen molar-refractivity contribution in [2.24, 2.45) is 5.92 Å². The van der Waals surface area contributed by atoms with Gasteiger partial charge in [0.05, 0.1) is 19.1 Å². The number of carbonyl (C=O) groups is 2. The number of carboxylic acid groups (broad SMARTS) is 1. The summed E-state index contributed by atoms with van der Waals surface area (Å²) in [5.41, 5.74) is 4.19. The predicted octanol–water partition coefficient (Wildman–Crippen LogP) is 4.25. The number of rotatable bonds is 8. The van der Waals surface area contributed by atoms with Crippen LogP contribution in [0, 0.1) is 12.8 Å². The number of hydrogen-bond donors (Lipinski definition) is 1. The fourth-order valence-corrected chi connectivity index (χ4v) is 5.20. The quantitative estimate of drug-likeness (QED) is 0.651. The molecule has 2 aromatic carbocycles. The molecule has 0 saturated carbocycles. The molecule has 4 rings (SSSR count). The standard InChI is InChI=1S/C27H34N2O4/c1-4-5-12-29(22-8-6-7-18(2)14-22)25(30)17-28-16-23(26(19(28)3)27(31)32)20-9-10-24-21(15-20)11-13-33-24/h6-10,14-15,19,23,26H,4-5,11-13,16-17H2,1-3H3,(H,31,32)/t19-,23+,26-/m0/s1. The van der Waals surface area contributed by atoms with E-state index in [9.17, 15) is 14.7 Å². The van der Waals surface area contributed by atoms with Crippen LogP contribution in [0.2, 0.25) is 0 Å². The van der Waals surface area contributed by atoms with Crippen molar-refractivity contribution in [2.75, 3.05) is 31.1 Å². The van der Waals surface area contributed by atoms with E-state index in [1.54, 1.807) is 0 Å². The molecule has 2 aliphatic heterocycles. The maximum absolute atomic E-state index is 13.5. The highest BCUT2D eigenvalue weighted by Gasteiger charge is 2.45. The Balaban J connectivity index is 1.55. The second-order valence-corrected chi connectivity index (χ2v) is 9.34. The Morgan fingerprint density at radius 3 is 2.76 bits per heavy atom. The zero-order valence-electron chi connectivity index (χ0n) is 19.8. The molecule has 0 bridgehead atoms. The monoisotopic (exact) mass is 450 g/mol. The van der Waals surface area contributed by atoms with Crippen LogP contribution in [0.3, 0.4) is 0 Å². The lowest BCUT2D eigenvalue weighted by Gasteiger charge is -2.28. The molecular weight excluding hydrogens is 416 g/mol. The van der Waals surface area contributed by atoms with Gasteiger partial charge >= 0.3 is 5.97 Å². The van der Waals surface area contributed by atoms with Crippen molar-refractivity contribution >= 4 is 17.6 Å².